The van der Waals surface area contributed by atoms with Crippen LogP contribution in [0.4, 0.5) is 5.69 Å². The second-order valence-corrected chi connectivity index (χ2v) is 16.8. The minimum absolute atomic E-state index is 0.147. The number of carboxylic acids is 1. The summed E-state index contributed by atoms with van der Waals surface area (Å²) in [5, 5.41) is 19.0. The monoisotopic (exact) mass is 753 g/mol. The fourth-order valence-electron chi connectivity index (χ4n) is 9.60. The maximum Gasteiger partial charge on any atom is 0.329 e. The Kier molecular flexibility index (Phi) is 11.6. The fraction of sp³-hybridized carbons (Fsp3) is 0.523. The van der Waals surface area contributed by atoms with Crippen molar-refractivity contribution >= 4 is 23.3 Å². The molecule has 2 aromatic carbocycles. The zero-order chi connectivity index (χ0) is 37.9. The van der Waals surface area contributed by atoms with Crippen LogP contribution in [0.3, 0.4) is 0 Å². The minimum Gasteiger partial charge on any atom is -0.494 e. The van der Waals surface area contributed by atoms with Crippen LogP contribution in [0, 0.1) is 11.8 Å². The number of rotatable bonds is 15. The van der Waals surface area contributed by atoms with E-state index in [2.05, 4.69) is 65.5 Å². The van der Waals surface area contributed by atoms with Crippen LogP contribution in [0.5, 0.6) is 11.5 Å². The molecule has 1 saturated carbocycles. The highest BCUT2D eigenvalue weighted by Crippen LogP contribution is 2.57. The van der Waals surface area contributed by atoms with E-state index in [1.807, 2.05) is 54.5 Å². The number of ether oxygens (including phenoxy) is 2. The molecule has 0 saturated heterocycles. The third-order valence-corrected chi connectivity index (χ3v) is 12.8. The summed E-state index contributed by atoms with van der Waals surface area (Å²) < 4.78 is 14.9. The van der Waals surface area contributed by atoms with Crippen LogP contribution >= 0.6 is 11.6 Å². The number of carbonyl (C=O) groups is 1. The smallest absolute Gasteiger partial charge is 0.329 e. The first-order valence-electron chi connectivity index (χ1n) is 19.8. The molecule has 2 N–H and O–H groups in total. The summed E-state index contributed by atoms with van der Waals surface area (Å²) in [4.78, 5) is 20.0. The first kappa shape index (κ1) is 38.2. The Balaban J connectivity index is 1.07. The number of fused-ring (bicyclic) bond motifs is 3. The molecule has 54 heavy (non-hydrogen) atoms. The number of anilines is 1. The van der Waals surface area contributed by atoms with Gasteiger partial charge in [0.25, 0.3) is 0 Å². The minimum atomic E-state index is -1.06. The summed E-state index contributed by atoms with van der Waals surface area (Å²) in [6.07, 6.45) is 12.6. The Bertz CT molecular complexity index is 1920. The van der Waals surface area contributed by atoms with Crippen molar-refractivity contribution in [2.75, 3.05) is 32.1 Å². The molecule has 0 radical (unpaired) electrons. The van der Waals surface area contributed by atoms with E-state index < -0.39 is 11.5 Å². The van der Waals surface area contributed by atoms with Crippen LogP contribution in [0.15, 0.2) is 67.0 Å². The predicted molar refractivity (Wildman–Crippen MR) is 214 cm³/mol. The maximum absolute atomic E-state index is 13.0. The highest BCUT2D eigenvalue weighted by Gasteiger charge is 2.54. The number of aromatic nitrogens is 3. The van der Waals surface area contributed by atoms with E-state index in [9.17, 15) is 9.90 Å². The second kappa shape index (κ2) is 16.3. The Morgan fingerprint density at radius 1 is 1.11 bits per heavy atom. The third kappa shape index (κ3) is 8.13. The third-order valence-electron chi connectivity index (χ3n) is 12.6. The highest BCUT2D eigenvalue weighted by molar-refractivity contribution is 6.30. The number of halogens is 1. The zero-order valence-corrected chi connectivity index (χ0v) is 33.1. The van der Waals surface area contributed by atoms with E-state index in [-0.39, 0.29) is 5.41 Å². The van der Waals surface area contributed by atoms with Gasteiger partial charge in [0, 0.05) is 54.5 Å². The van der Waals surface area contributed by atoms with Gasteiger partial charge in [-0.05, 0) is 148 Å². The molecule has 10 heteroatoms. The van der Waals surface area contributed by atoms with E-state index in [0.717, 1.165) is 68.8 Å². The van der Waals surface area contributed by atoms with Gasteiger partial charge in [0.2, 0.25) is 0 Å². The lowest BCUT2D eigenvalue weighted by Crippen LogP contribution is -2.53. The molecule has 0 aliphatic heterocycles. The van der Waals surface area contributed by atoms with Gasteiger partial charge in [-0.3, -0.25) is 9.67 Å². The molecule has 4 aromatic rings. The molecule has 3 aliphatic carbocycles. The van der Waals surface area contributed by atoms with Crippen molar-refractivity contribution in [3.8, 4) is 11.5 Å². The van der Waals surface area contributed by atoms with Gasteiger partial charge in [-0.1, -0.05) is 37.6 Å². The molecule has 0 bridgehead atoms. The van der Waals surface area contributed by atoms with E-state index >= 15 is 0 Å². The lowest BCUT2D eigenvalue weighted by atomic mass is 9.59. The van der Waals surface area contributed by atoms with Gasteiger partial charge >= 0.3 is 5.97 Å². The molecule has 288 valence electrons. The van der Waals surface area contributed by atoms with Gasteiger partial charge in [-0.2, -0.15) is 5.10 Å². The number of aryl methyl sites for hydroxylation is 2. The Labute approximate surface area is 325 Å². The quantitative estimate of drug-likeness (QED) is 0.116. The van der Waals surface area contributed by atoms with Crippen molar-refractivity contribution in [3.63, 3.8) is 0 Å². The lowest BCUT2D eigenvalue weighted by molar-refractivity contribution is -0.144. The van der Waals surface area contributed by atoms with Crippen LogP contribution in [0.1, 0.15) is 99.2 Å². The summed E-state index contributed by atoms with van der Waals surface area (Å²) in [6.45, 7) is 7.63. The molecule has 3 atom stereocenters. The van der Waals surface area contributed by atoms with Crippen molar-refractivity contribution in [3.05, 3.63) is 100 Å². The topological polar surface area (TPSA) is 102 Å². The predicted octanol–water partition coefficient (Wildman–Crippen LogP) is 8.83. The lowest BCUT2D eigenvalue weighted by Gasteiger charge is -2.47. The molecule has 1 fully saturated rings. The fourth-order valence-corrected chi connectivity index (χ4v) is 9.79. The van der Waals surface area contributed by atoms with E-state index in [1.54, 1.807) is 0 Å². The number of nitrogens with zero attached hydrogens (tertiary/aromatic N) is 4. The first-order chi connectivity index (χ1) is 26.0. The molecule has 0 amide bonds. The van der Waals surface area contributed by atoms with Crippen molar-refractivity contribution in [2.45, 2.75) is 101 Å². The van der Waals surface area contributed by atoms with E-state index in [4.69, 9.17) is 21.1 Å². The molecule has 7 rings (SSSR count). The highest BCUT2D eigenvalue weighted by atomic mass is 35.5. The summed E-state index contributed by atoms with van der Waals surface area (Å²) in [5.74, 6) is 2.22. The van der Waals surface area contributed by atoms with Crippen LogP contribution in [-0.2, 0) is 36.6 Å². The summed E-state index contributed by atoms with van der Waals surface area (Å²) in [6, 6.07) is 18.1. The molecule has 2 heterocycles. The maximum atomic E-state index is 13.0. The molecule has 3 aliphatic rings. The second-order valence-electron chi connectivity index (χ2n) is 16.4. The number of hydrogen-bond acceptors (Lipinski definition) is 7. The Morgan fingerprint density at radius 3 is 2.70 bits per heavy atom. The average Bonchev–Trinajstić information content (AvgIpc) is 3.69. The van der Waals surface area contributed by atoms with Gasteiger partial charge in [0.1, 0.15) is 17.0 Å². The standard InChI is InChI=1S/C44H56ClN5O4/c1-30(29-54-40-15-20-46-39-11-5-8-31(2)41(39)40)24-33-25-32-12-13-37(53-23-7-22-49(3)28-36-14-21-47-50(36)4)27-38(32)43(33)16-18-44(19-17-43,42(51)52)48-35-10-6-9-34(45)26-35/h6,9-10,12-15,20-21,26-27,30-31,33,48H,5,7-8,11,16-19,22-25,28-29H2,1-4H3,(H,51,52)/t30-,31-,33?,43?,44?/m1/s1. The van der Waals surface area contributed by atoms with Gasteiger partial charge < -0.3 is 24.8 Å². The molecule has 1 unspecified atom stereocenters. The average molecular weight is 754 g/mol. The van der Waals surface area contributed by atoms with Gasteiger partial charge in [0.05, 0.1) is 18.9 Å². The first-order valence-corrected chi connectivity index (χ1v) is 20.2. The van der Waals surface area contributed by atoms with Crippen LogP contribution in [0.2, 0.25) is 5.02 Å². The Morgan fingerprint density at radius 2 is 1.94 bits per heavy atom. The summed E-state index contributed by atoms with van der Waals surface area (Å²) >= 11 is 6.31. The molecule has 2 aromatic heterocycles. The number of pyridine rings is 1. The van der Waals surface area contributed by atoms with Crippen molar-refractivity contribution < 1.29 is 19.4 Å². The number of hydrogen-bond donors (Lipinski definition) is 2. The van der Waals surface area contributed by atoms with Gasteiger partial charge in [0.15, 0.2) is 0 Å². The normalized spacial score (nSPS) is 23.9. The van der Waals surface area contributed by atoms with Crippen LogP contribution in [0.25, 0.3) is 0 Å². The van der Waals surface area contributed by atoms with Gasteiger partial charge in [-0.25, -0.2) is 4.79 Å². The van der Waals surface area contributed by atoms with Crippen molar-refractivity contribution in [1.29, 1.82) is 0 Å². The summed E-state index contributed by atoms with van der Waals surface area (Å²) in [5.41, 5.74) is 5.89. The molecule has 9 nitrogen and oxygen atoms in total. The van der Waals surface area contributed by atoms with Gasteiger partial charge in [-0.15, -0.1) is 0 Å². The number of benzene rings is 2. The molecular weight excluding hydrogens is 698 g/mol. The van der Waals surface area contributed by atoms with Crippen molar-refractivity contribution in [1.82, 2.24) is 19.7 Å². The van der Waals surface area contributed by atoms with Crippen LogP contribution < -0.4 is 14.8 Å². The van der Waals surface area contributed by atoms with E-state index in [1.165, 1.54) is 40.9 Å². The number of carboxylic acid groups (broad SMARTS) is 1. The molecule has 1 spiro atoms. The molecular formula is C44H56ClN5O4. The zero-order valence-electron chi connectivity index (χ0n) is 32.3. The number of aliphatic carboxylic acids is 1. The summed E-state index contributed by atoms with van der Waals surface area (Å²) in [7, 11) is 4.11. The number of nitrogens with one attached hydrogen (secondary N) is 1. The largest absolute Gasteiger partial charge is 0.494 e. The SMILES string of the molecule is C[C@@H](COc1ccnc2c1[C@H](C)CCC2)CC1Cc2ccc(OCCCN(C)Cc3ccnn3C)cc2C12CCC(Nc1cccc(Cl)c1)(C(=O)O)CC2. The van der Waals surface area contributed by atoms with Crippen molar-refractivity contribution in [2.24, 2.45) is 18.9 Å². The Hall–Kier alpha value is -4.08. The van der Waals surface area contributed by atoms with Crippen LogP contribution in [-0.4, -0.2) is 63.1 Å². The van der Waals surface area contributed by atoms with E-state index in [0.29, 0.717) is 48.8 Å².